The van der Waals surface area contributed by atoms with E-state index in [1.54, 1.807) is 15.3 Å². The van der Waals surface area contributed by atoms with Gasteiger partial charge in [-0.1, -0.05) is 0 Å². The molecular formula is C41H42Br2Cl2Zr. The Bertz CT molecular complexity index is 1870. The Hall–Kier alpha value is -1.35. The maximum Gasteiger partial charge on any atom is -1.00 e. The summed E-state index contributed by atoms with van der Waals surface area (Å²) in [5.41, 5.74) is 14.7. The van der Waals surface area contributed by atoms with Crippen LogP contribution in [0.2, 0.25) is 0 Å². The fourth-order valence-corrected chi connectivity index (χ4v) is 16.5. The van der Waals surface area contributed by atoms with Crippen LogP contribution < -0.4 is 28.1 Å². The topological polar surface area (TPSA) is 0 Å². The summed E-state index contributed by atoms with van der Waals surface area (Å²) in [6.45, 7) is 19.0. The minimum Gasteiger partial charge on any atom is -1.00 e. The van der Waals surface area contributed by atoms with Gasteiger partial charge in [0.15, 0.2) is 0 Å². The van der Waals surface area contributed by atoms with Gasteiger partial charge in [-0.25, -0.2) is 0 Å². The molecule has 0 aromatic heterocycles. The van der Waals surface area contributed by atoms with Crippen molar-refractivity contribution >= 4 is 38.3 Å². The zero-order valence-corrected chi connectivity index (χ0v) is 35.2. The van der Waals surface area contributed by atoms with E-state index < -0.39 is 21.3 Å². The van der Waals surface area contributed by atoms with Crippen LogP contribution in [0.1, 0.15) is 92.5 Å². The Morgan fingerprint density at radius 1 is 0.717 bits per heavy atom. The number of rotatable bonds is 4. The molecule has 0 bridgehead atoms. The standard InChI is InChI=1S/C23H29.C13H8Br2.C5H5.2ClH.Zr/c1-14-9-16-11-17-10-15(2)21(23(6,7)8)13-19(17)18(16)12-20(14)22(3,4)5;14-12-5-1-3-10(8-12)7-11-4-2-6-13(15)9-11;1-2-4-5-3-1;;;/h9,12-13H,11H2,1-8H3;1-6,8-9H;1-3H,4H2;2*1H;/q;;;;;+2/p-2. The Morgan fingerprint density at radius 2 is 1.28 bits per heavy atom. The molecule has 0 saturated carbocycles. The zero-order valence-electron chi connectivity index (χ0n) is 28.0. The SMILES string of the molecule is Cc1cc2c(cc1C(C)(C)C)-c1cc(C(C)(C)C)c(C)[c]([Zr+2]([C]3=CC=CC3)=[C](c3cccc(Br)c3)c3cccc(Br)c3)c1C2.[Cl-].[Cl-]. The average Bonchev–Trinajstić information content (AvgIpc) is 3.58. The van der Waals surface area contributed by atoms with Crippen molar-refractivity contribution in [2.45, 2.75) is 79.1 Å². The van der Waals surface area contributed by atoms with Crippen LogP contribution >= 0.6 is 31.9 Å². The van der Waals surface area contributed by atoms with E-state index in [0.717, 1.165) is 21.8 Å². The van der Waals surface area contributed by atoms with E-state index in [9.17, 15) is 0 Å². The van der Waals surface area contributed by atoms with Crippen molar-refractivity contribution < 1.29 is 46.1 Å². The van der Waals surface area contributed by atoms with Gasteiger partial charge in [0, 0.05) is 0 Å². The molecule has 2 aliphatic carbocycles. The summed E-state index contributed by atoms with van der Waals surface area (Å²) >= 11 is 4.85. The van der Waals surface area contributed by atoms with Gasteiger partial charge in [0.25, 0.3) is 0 Å². The van der Waals surface area contributed by atoms with E-state index in [1.165, 1.54) is 50.1 Å². The molecule has 0 aliphatic heterocycles. The van der Waals surface area contributed by atoms with E-state index in [0.29, 0.717) is 0 Å². The van der Waals surface area contributed by atoms with Crippen LogP contribution in [0.5, 0.6) is 0 Å². The van der Waals surface area contributed by atoms with Crippen LogP contribution in [0.15, 0.2) is 97.2 Å². The van der Waals surface area contributed by atoms with Gasteiger partial charge in [0.05, 0.1) is 0 Å². The Kier molecular flexibility index (Phi) is 11.6. The van der Waals surface area contributed by atoms with Gasteiger partial charge in [0.2, 0.25) is 0 Å². The summed E-state index contributed by atoms with van der Waals surface area (Å²) in [5, 5.41) is 0. The first-order chi connectivity index (χ1) is 20.7. The van der Waals surface area contributed by atoms with Crippen LogP contribution in [0.25, 0.3) is 11.1 Å². The van der Waals surface area contributed by atoms with Gasteiger partial charge >= 0.3 is 291 Å². The normalized spacial score (nSPS) is 13.2. The van der Waals surface area contributed by atoms with Crippen molar-refractivity contribution in [3.8, 4) is 11.1 Å². The van der Waals surface area contributed by atoms with Gasteiger partial charge in [-0.05, 0) is 0 Å². The second kappa shape index (κ2) is 14.3. The van der Waals surface area contributed by atoms with E-state index >= 15 is 0 Å². The first-order valence-electron chi connectivity index (χ1n) is 15.7. The molecule has 4 aromatic rings. The largest absolute Gasteiger partial charge is 1.00 e. The second-order valence-electron chi connectivity index (χ2n) is 14.5. The number of hydrogen-bond donors (Lipinski definition) is 0. The third kappa shape index (κ3) is 7.16. The molecular weight excluding hydrogens is 814 g/mol. The fourth-order valence-electron chi connectivity index (χ4n) is 7.36. The molecule has 2 aliphatic rings. The number of allylic oxidation sites excluding steroid dienone is 4. The molecule has 46 heavy (non-hydrogen) atoms. The van der Waals surface area contributed by atoms with Crippen LogP contribution in [-0.2, 0) is 38.5 Å². The molecule has 0 radical (unpaired) electrons. The number of halogens is 4. The number of benzene rings is 4. The average molecular weight is 857 g/mol. The summed E-state index contributed by atoms with van der Waals surface area (Å²) in [6.07, 6.45) is 9.20. The summed E-state index contributed by atoms with van der Waals surface area (Å²) in [4.78, 5) is 0. The van der Waals surface area contributed by atoms with Gasteiger partial charge in [0.1, 0.15) is 0 Å². The van der Waals surface area contributed by atoms with Crippen molar-refractivity contribution in [3.05, 3.63) is 142 Å². The van der Waals surface area contributed by atoms with Crippen molar-refractivity contribution in [3.63, 3.8) is 0 Å². The predicted molar refractivity (Wildman–Crippen MR) is 195 cm³/mol. The molecule has 0 amide bonds. The minimum absolute atomic E-state index is 0. The Labute approximate surface area is 313 Å². The van der Waals surface area contributed by atoms with E-state index in [2.05, 4.69) is 172 Å². The second-order valence-corrected chi connectivity index (χ2v) is 22.3. The van der Waals surface area contributed by atoms with Crippen LogP contribution in [0.4, 0.5) is 0 Å². The van der Waals surface area contributed by atoms with Crippen molar-refractivity contribution in [1.29, 1.82) is 0 Å². The maximum absolute atomic E-state index is 3.83. The zero-order chi connectivity index (χ0) is 31.6. The summed E-state index contributed by atoms with van der Waals surface area (Å²) in [5.74, 6) is 0. The molecule has 0 heterocycles. The maximum atomic E-state index is 3.83. The minimum atomic E-state index is -2.81. The number of fused-ring (bicyclic) bond motifs is 3. The molecule has 0 atom stereocenters. The first-order valence-corrected chi connectivity index (χ1v) is 21.0. The van der Waals surface area contributed by atoms with E-state index in [-0.39, 0.29) is 35.6 Å². The van der Waals surface area contributed by atoms with Crippen molar-refractivity contribution in [2.75, 3.05) is 0 Å². The summed E-state index contributed by atoms with van der Waals surface area (Å²) in [7, 11) is 0. The van der Waals surface area contributed by atoms with E-state index in [1.807, 2.05) is 0 Å². The summed E-state index contributed by atoms with van der Waals surface area (Å²) in [6, 6.07) is 25.7. The molecule has 5 heteroatoms. The third-order valence-electron chi connectivity index (χ3n) is 9.24. The van der Waals surface area contributed by atoms with Gasteiger partial charge in [-0.3, -0.25) is 0 Å². The van der Waals surface area contributed by atoms with Crippen LogP contribution in [-0.4, -0.2) is 3.21 Å². The van der Waals surface area contributed by atoms with Gasteiger partial charge in [-0.15, -0.1) is 0 Å². The van der Waals surface area contributed by atoms with E-state index in [4.69, 9.17) is 0 Å². The first kappa shape index (κ1) is 37.5. The van der Waals surface area contributed by atoms with Crippen molar-refractivity contribution in [1.82, 2.24) is 0 Å². The Morgan fingerprint density at radius 3 is 1.78 bits per heavy atom. The third-order valence-corrected chi connectivity index (χ3v) is 18.3. The number of aryl methyl sites for hydroxylation is 1. The molecule has 0 N–H and O–H groups in total. The van der Waals surface area contributed by atoms with Crippen molar-refractivity contribution in [2.24, 2.45) is 0 Å². The van der Waals surface area contributed by atoms with Gasteiger partial charge in [-0.2, -0.15) is 0 Å². The Balaban J connectivity index is 0.00000240. The molecule has 0 spiro atoms. The number of hydrogen-bond acceptors (Lipinski definition) is 0. The molecule has 0 unspecified atom stereocenters. The molecule has 0 fully saturated rings. The quantitative estimate of drug-likeness (QED) is 0.229. The smallest absolute Gasteiger partial charge is 1.00 e. The van der Waals surface area contributed by atoms with Gasteiger partial charge < -0.3 is 24.8 Å². The monoisotopic (exact) mass is 852 g/mol. The van der Waals surface area contributed by atoms with Crippen LogP contribution in [0, 0.1) is 13.8 Å². The molecule has 6 rings (SSSR count). The predicted octanol–water partition coefficient (Wildman–Crippen LogP) is 5.36. The fraction of sp³-hybridized carbons (Fsp3) is 0.293. The molecule has 238 valence electrons. The molecule has 0 saturated heterocycles. The summed E-state index contributed by atoms with van der Waals surface area (Å²) < 4.78 is 7.16. The molecule has 0 nitrogen and oxygen atoms in total. The van der Waals surface area contributed by atoms with Crippen LogP contribution in [0.3, 0.4) is 0 Å². The molecule has 4 aromatic carbocycles.